The molecule has 1 aliphatic rings. The number of thioether (sulfide) groups is 1. The van der Waals surface area contributed by atoms with Gasteiger partial charge in [0.25, 0.3) is 5.56 Å². The molecule has 10 heteroatoms. The molecule has 0 saturated carbocycles. The molecule has 0 spiro atoms. The number of hydrogen-bond donors (Lipinski definition) is 3. The van der Waals surface area contributed by atoms with Gasteiger partial charge < -0.3 is 15.6 Å². The summed E-state index contributed by atoms with van der Waals surface area (Å²) in [5, 5.41) is 5.39. The largest absolute Gasteiger partial charge is 0.326 e. The van der Waals surface area contributed by atoms with Crippen molar-refractivity contribution in [2.24, 2.45) is 0 Å². The number of aromatic amines is 1. The fraction of sp³-hybridized carbons (Fsp3) is 0.143. The Morgan fingerprint density at radius 3 is 2.39 bits per heavy atom. The quantitative estimate of drug-likeness (QED) is 0.415. The van der Waals surface area contributed by atoms with E-state index >= 15 is 0 Å². The topological polar surface area (TPSA) is 104 Å². The molecule has 1 unspecified atom stereocenters. The van der Waals surface area contributed by atoms with Crippen molar-refractivity contribution in [3.63, 3.8) is 0 Å². The summed E-state index contributed by atoms with van der Waals surface area (Å²) in [4.78, 5) is 44.5. The molecule has 0 bridgehead atoms. The minimum atomic E-state index is -1.04. The third-order valence-electron chi connectivity index (χ3n) is 4.65. The number of fused-ring (bicyclic) bond motifs is 1. The van der Waals surface area contributed by atoms with Crippen molar-refractivity contribution in [3.8, 4) is 0 Å². The zero-order chi connectivity index (χ0) is 22.0. The summed E-state index contributed by atoms with van der Waals surface area (Å²) in [6, 6.07) is 11.1. The van der Waals surface area contributed by atoms with Crippen molar-refractivity contribution in [1.82, 2.24) is 9.97 Å². The van der Waals surface area contributed by atoms with E-state index in [-0.39, 0.29) is 28.8 Å². The Morgan fingerprint density at radius 1 is 1.06 bits per heavy atom. The minimum Gasteiger partial charge on any atom is -0.326 e. The van der Waals surface area contributed by atoms with Gasteiger partial charge in [-0.15, -0.1) is 0 Å². The average molecular weight is 442 g/mol. The lowest BCUT2D eigenvalue weighted by Gasteiger charge is -2.23. The van der Waals surface area contributed by atoms with Gasteiger partial charge in [0, 0.05) is 17.9 Å². The maximum absolute atomic E-state index is 13.1. The van der Waals surface area contributed by atoms with Gasteiger partial charge in [-0.05, 0) is 42.0 Å². The zero-order valence-electron chi connectivity index (χ0n) is 15.9. The number of carbonyl (C=O) groups excluding carboxylic acids is 2. The van der Waals surface area contributed by atoms with E-state index in [0.717, 1.165) is 5.56 Å². The highest BCUT2D eigenvalue weighted by Gasteiger charge is 2.34. The first kappa shape index (κ1) is 20.7. The average Bonchev–Trinajstić information content (AvgIpc) is 2.74. The molecule has 2 amide bonds. The molecule has 7 nitrogen and oxygen atoms in total. The first-order valence-corrected chi connectivity index (χ1v) is 10.3. The molecular weight excluding hydrogens is 426 g/mol. The molecule has 0 saturated heterocycles. The van der Waals surface area contributed by atoms with Crippen LogP contribution in [-0.2, 0) is 15.3 Å². The minimum absolute atomic E-state index is 0.0286. The van der Waals surface area contributed by atoms with Gasteiger partial charge in [0.15, 0.2) is 5.16 Å². The molecule has 3 aromatic rings. The van der Waals surface area contributed by atoms with Gasteiger partial charge in [0.2, 0.25) is 11.8 Å². The van der Waals surface area contributed by atoms with Crippen LogP contribution in [0.4, 0.5) is 20.3 Å². The standard InChI is InChI=1S/C21H16F2N4O3S/c22-12-3-1-11(2-4-12)10-31-21-26-18-17(20(30)27-21)15(9-16(28)25-18)19(29)24-14-7-5-13(23)6-8-14/h1-8,15H,9-10H2,(H,24,29)(H2,25,26,27,28,30). The maximum Gasteiger partial charge on any atom is 0.257 e. The van der Waals surface area contributed by atoms with Crippen LogP contribution in [0.3, 0.4) is 0 Å². The normalized spacial score (nSPS) is 15.2. The lowest BCUT2D eigenvalue weighted by atomic mass is 9.92. The molecule has 1 aliphatic heterocycles. The van der Waals surface area contributed by atoms with Gasteiger partial charge in [-0.25, -0.2) is 13.8 Å². The Bertz CT molecular complexity index is 1200. The third kappa shape index (κ3) is 4.80. The number of halogens is 2. The van der Waals surface area contributed by atoms with E-state index in [1.807, 2.05) is 0 Å². The number of nitrogens with one attached hydrogen (secondary N) is 3. The van der Waals surface area contributed by atoms with Crippen molar-refractivity contribution in [2.75, 3.05) is 10.6 Å². The van der Waals surface area contributed by atoms with E-state index in [0.29, 0.717) is 11.4 Å². The highest BCUT2D eigenvalue weighted by atomic mass is 32.2. The number of benzene rings is 2. The number of amides is 2. The van der Waals surface area contributed by atoms with Gasteiger partial charge in [-0.1, -0.05) is 23.9 Å². The summed E-state index contributed by atoms with van der Waals surface area (Å²) in [5.41, 5.74) is 0.693. The fourth-order valence-electron chi connectivity index (χ4n) is 3.14. The van der Waals surface area contributed by atoms with Gasteiger partial charge in [-0.3, -0.25) is 14.4 Å². The molecule has 31 heavy (non-hydrogen) atoms. The summed E-state index contributed by atoms with van der Waals surface area (Å²) < 4.78 is 26.1. The van der Waals surface area contributed by atoms with Gasteiger partial charge in [-0.2, -0.15) is 0 Å². The van der Waals surface area contributed by atoms with E-state index in [1.165, 1.54) is 48.2 Å². The van der Waals surface area contributed by atoms with Crippen molar-refractivity contribution >= 4 is 35.1 Å². The summed E-state index contributed by atoms with van der Waals surface area (Å²) >= 11 is 1.20. The van der Waals surface area contributed by atoms with Crippen LogP contribution in [0.5, 0.6) is 0 Å². The molecule has 0 radical (unpaired) electrons. The molecule has 2 aromatic carbocycles. The summed E-state index contributed by atoms with van der Waals surface area (Å²) in [6.45, 7) is 0. The van der Waals surface area contributed by atoms with Crippen molar-refractivity contribution in [3.05, 3.63) is 81.6 Å². The molecular formula is C21H16F2N4O3S. The zero-order valence-corrected chi connectivity index (χ0v) is 16.8. The van der Waals surface area contributed by atoms with E-state index in [4.69, 9.17) is 0 Å². The summed E-state index contributed by atoms with van der Waals surface area (Å²) in [7, 11) is 0. The number of hydrogen-bond acceptors (Lipinski definition) is 5. The maximum atomic E-state index is 13.1. The lowest BCUT2D eigenvalue weighted by Crippen LogP contribution is -2.36. The second-order valence-corrected chi connectivity index (χ2v) is 7.81. The van der Waals surface area contributed by atoms with E-state index < -0.39 is 29.1 Å². The molecule has 0 fully saturated rings. The van der Waals surface area contributed by atoms with Crippen LogP contribution in [0.2, 0.25) is 0 Å². The van der Waals surface area contributed by atoms with Crippen molar-refractivity contribution < 1.29 is 18.4 Å². The predicted octanol–water partition coefficient (Wildman–Crippen LogP) is 3.40. The van der Waals surface area contributed by atoms with Gasteiger partial charge in [0.1, 0.15) is 17.5 Å². The highest BCUT2D eigenvalue weighted by Crippen LogP contribution is 2.31. The molecule has 3 N–H and O–H groups in total. The monoisotopic (exact) mass is 442 g/mol. The summed E-state index contributed by atoms with van der Waals surface area (Å²) in [6.07, 6.45) is -0.215. The number of aromatic nitrogens is 2. The number of rotatable bonds is 5. The number of carbonyl (C=O) groups is 2. The van der Waals surface area contributed by atoms with Crippen LogP contribution in [0.1, 0.15) is 23.5 Å². The summed E-state index contributed by atoms with van der Waals surface area (Å²) in [5.74, 6) is -2.40. The molecule has 158 valence electrons. The SMILES string of the molecule is O=C1CC(C(=O)Nc2ccc(F)cc2)c2c(nc(SCc3ccc(F)cc3)[nH]c2=O)N1. The highest BCUT2D eigenvalue weighted by molar-refractivity contribution is 7.98. The Morgan fingerprint density at radius 2 is 1.71 bits per heavy atom. The van der Waals surface area contributed by atoms with Crippen LogP contribution in [0, 0.1) is 11.6 Å². The number of H-pyrrole nitrogens is 1. The van der Waals surface area contributed by atoms with Crippen molar-refractivity contribution in [2.45, 2.75) is 23.2 Å². The first-order chi connectivity index (χ1) is 14.9. The molecule has 1 aromatic heterocycles. The molecule has 0 aliphatic carbocycles. The Hall–Kier alpha value is -3.53. The third-order valence-corrected chi connectivity index (χ3v) is 5.59. The fourth-order valence-corrected chi connectivity index (χ4v) is 3.95. The van der Waals surface area contributed by atoms with Crippen LogP contribution >= 0.6 is 11.8 Å². The number of anilines is 2. The second kappa shape index (κ2) is 8.68. The van der Waals surface area contributed by atoms with Crippen LogP contribution in [-0.4, -0.2) is 21.8 Å². The Kier molecular flexibility index (Phi) is 5.81. The molecule has 1 atom stereocenters. The van der Waals surface area contributed by atoms with Gasteiger partial charge in [0.05, 0.1) is 11.5 Å². The van der Waals surface area contributed by atoms with Crippen LogP contribution in [0.25, 0.3) is 0 Å². The second-order valence-electron chi connectivity index (χ2n) is 6.85. The molecule has 4 rings (SSSR count). The van der Waals surface area contributed by atoms with Crippen LogP contribution in [0.15, 0.2) is 58.5 Å². The lowest BCUT2D eigenvalue weighted by molar-refractivity contribution is -0.123. The molecule has 2 heterocycles. The van der Waals surface area contributed by atoms with E-state index in [1.54, 1.807) is 12.1 Å². The van der Waals surface area contributed by atoms with E-state index in [9.17, 15) is 23.2 Å². The Balaban J connectivity index is 1.56. The van der Waals surface area contributed by atoms with Gasteiger partial charge >= 0.3 is 0 Å². The predicted molar refractivity (Wildman–Crippen MR) is 112 cm³/mol. The number of nitrogens with zero attached hydrogens (tertiary/aromatic N) is 1. The van der Waals surface area contributed by atoms with Crippen LogP contribution < -0.4 is 16.2 Å². The Labute approximate surface area is 179 Å². The first-order valence-electron chi connectivity index (χ1n) is 9.27. The van der Waals surface area contributed by atoms with E-state index in [2.05, 4.69) is 20.6 Å². The van der Waals surface area contributed by atoms with Crippen molar-refractivity contribution in [1.29, 1.82) is 0 Å². The smallest absolute Gasteiger partial charge is 0.257 e.